The molecule has 13 nitrogen and oxygen atoms in total. The van der Waals surface area contributed by atoms with Crippen LogP contribution < -0.4 is 0 Å². The van der Waals surface area contributed by atoms with Crippen LogP contribution in [0.4, 0.5) is 4.79 Å². The number of carbonyl (C=O) groups excluding carboxylic acids is 2. The predicted octanol–water partition coefficient (Wildman–Crippen LogP) is 0.770. The zero-order valence-electron chi connectivity index (χ0n) is 17.4. The Hall–Kier alpha value is -2.29. The van der Waals surface area contributed by atoms with E-state index in [4.69, 9.17) is 13.7 Å². The minimum atomic E-state index is -4.83. The summed E-state index contributed by atoms with van der Waals surface area (Å²) in [5.74, 6) is -0.125. The van der Waals surface area contributed by atoms with Crippen LogP contribution in [0, 0.1) is 0 Å². The SMILES string of the molecule is CC(C)(C)OC(=O)CCC(O)Cc1nnc([C@@H]2CC[C@@H]3CN2C(=O)N3OS(=O)(=O)O)o1. The zero-order chi connectivity index (χ0) is 23.0. The number of amides is 2. The third-order valence-corrected chi connectivity index (χ3v) is 5.13. The predicted molar refractivity (Wildman–Crippen MR) is 101 cm³/mol. The Balaban J connectivity index is 1.56. The van der Waals surface area contributed by atoms with Crippen LogP contribution in [0.25, 0.3) is 0 Å². The number of fused-ring (bicyclic) bond motifs is 2. The van der Waals surface area contributed by atoms with Gasteiger partial charge in [-0.25, -0.2) is 4.79 Å². The fourth-order valence-corrected chi connectivity index (χ4v) is 3.94. The van der Waals surface area contributed by atoms with Crippen molar-refractivity contribution in [3.63, 3.8) is 0 Å². The van der Waals surface area contributed by atoms with E-state index in [2.05, 4.69) is 14.5 Å². The van der Waals surface area contributed by atoms with Crippen molar-refractivity contribution in [1.29, 1.82) is 0 Å². The maximum absolute atomic E-state index is 12.5. The summed E-state index contributed by atoms with van der Waals surface area (Å²) in [6, 6.07) is -1.84. The van der Waals surface area contributed by atoms with E-state index >= 15 is 0 Å². The standard InChI is InChI=1S/C17H26N4O9S/c1-17(2,3)29-14(23)7-5-11(22)8-13-18-19-15(28-13)12-6-4-10-9-20(12)16(24)21(10)30-31(25,26)27/h10-12,22H,4-9H2,1-3H3,(H,25,26,27)/t10-,11?,12+/m1/s1. The van der Waals surface area contributed by atoms with E-state index in [1.807, 2.05) is 0 Å². The van der Waals surface area contributed by atoms with Crippen molar-refractivity contribution in [1.82, 2.24) is 20.2 Å². The van der Waals surface area contributed by atoms with Crippen LogP contribution in [0.1, 0.15) is 64.3 Å². The average molecular weight is 462 g/mol. The number of rotatable bonds is 8. The molecular weight excluding hydrogens is 436 g/mol. The largest absolute Gasteiger partial charge is 0.460 e. The van der Waals surface area contributed by atoms with Gasteiger partial charge in [-0.15, -0.1) is 14.5 Å². The van der Waals surface area contributed by atoms with Gasteiger partial charge < -0.3 is 19.2 Å². The number of carbonyl (C=O) groups is 2. The van der Waals surface area contributed by atoms with Crippen molar-refractivity contribution in [2.45, 2.75) is 76.7 Å². The van der Waals surface area contributed by atoms with Crippen LogP contribution in [0.3, 0.4) is 0 Å². The Morgan fingerprint density at radius 3 is 2.68 bits per heavy atom. The number of urea groups is 1. The molecule has 2 aliphatic rings. The molecule has 0 radical (unpaired) electrons. The van der Waals surface area contributed by atoms with E-state index in [9.17, 15) is 23.1 Å². The Kier molecular flexibility index (Phi) is 6.55. The van der Waals surface area contributed by atoms with Gasteiger partial charge in [0, 0.05) is 13.0 Å². The van der Waals surface area contributed by atoms with Crippen LogP contribution in [0.15, 0.2) is 4.42 Å². The summed E-state index contributed by atoms with van der Waals surface area (Å²) in [7, 11) is -4.83. The molecule has 2 fully saturated rings. The minimum absolute atomic E-state index is 0.0249. The molecule has 3 heterocycles. The first kappa shape index (κ1) is 23.4. The molecule has 0 aliphatic carbocycles. The summed E-state index contributed by atoms with van der Waals surface area (Å²) < 4.78 is 46.0. The van der Waals surface area contributed by atoms with E-state index in [1.54, 1.807) is 20.8 Å². The maximum atomic E-state index is 12.5. The molecule has 0 spiro atoms. The van der Waals surface area contributed by atoms with Crippen molar-refractivity contribution in [3.05, 3.63) is 11.8 Å². The number of aliphatic hydroxyl groups excluding tert-OH is 1. The van der Waals surface area contributed by atoms with Crippen LogP contribution in [-0.2, 0) is 30.6 Å². The quantitative estimate of drug-likeness (QED) is 0.412. The van der Waals surface area contributed by atoms with E-state index < -0.39 is 46.2 Å². The average Bonchev–Trinajstić information content (AvgIpc) is 3.17. The molecule has 174 valence electrons. The molecule has 1 unspecified atom stereocenters. The second-order valence-corrected chi connectivity index (χ2v) is 9.53. The summed E-state index contributed by atoms with van der Waals surface area (Å²) >= 11 is 0. The topological polar surface area (TPSA) is 173 Å². The molecule has 1 aromatic heterocycles. The van der Waals surface area contributed by atoms with Crippen molar-refractivity contribution in [2.24, 2.45) is 0 Å². The second kappa shape index (κ2) is 8.68. The number of ether oxygens (including phenoxy) is 1. The summed E-state index contributed by atoms with van der Waals surface area (Å²) in [6.07, 6.45) is 0.142. The Labute approximate surface area is 179 Å². The summed E-state index contributed by atoms with van der Waals surface area (Å²) in [6.45, 7) is 5.45. The molecule has 14 heteroatoms. The Morgan fingerprint density at radius 1 is 1.32 bits per heavy atom. The molecule has 2 N–H and O–H groups in total. The molecule has 2 bridgehead atoms. The summed E-state index contributed by atoms with van der Waals surface area (Å²) in [4.78, 5) is 25.5. The van der Waals surface area contributed by atoms with Crippen LogP contribution in [0.5, 0.6) is 0 Å². The lowest BCUT2D eigenvalue weighted by Gasteiger charge is -2.27. The molecule has 3 atom stereocenters. The van der Waals surface area contributed by atoms with Gasteiger partial charge in [-0.1, -0.05) is 0 Å². The number of hydrogen-bond donors (Lipinski definition) is 2. The Morgan fingerprint density at radius 2 is 2.03 bits per heavy atom. The van der Waals surface area contributed by atoms with Crippen molar-refractivity contribution >= 4 is 22.4 Å². The number of piperidine rings is 1. The highest BCUT2D eigenvalue weighted by Crippen LogP contribution is 2.38. The molecule has 0 saturated carbocycles. The van der Waals surface area contributed by atoms with Gasteiger partial charge in [-0.3, -0.25) is 9.35 Å². The van der Waals surface area contributed by atoms with Crippen molar-refractivity contribution < 1.29 is 41.1 Å². The molecule has 0 aromatic carbocycles. The lowest BCUT2D eigenvalue weighted by molar-refractivity contribution is -0.155. The second-order valence-electron chi connectivity index (χ2n) is 8.53. The van der Waals surface area contributed by atoms with Crippen molar-refractivity contribution in [2.75, 3.05) is 6.54 Å². The normalized spacial score (nSPS) is 22.7. The van der Waals surface area contributed by atoms with Gasteiger partial charge in [0.25, 0.3) is 0 Å². The van der Waals surface area contributed by atoms with Gasteiger partial charge in [0.2, 0.25) is 11.8 Å². The number of hydroxylamine groups is 2. The van der Waals surface area contributed by atoms with Crippen LogP contribution in [-0.4, -0.2) is 74.5 Å². The first-order valence-corrected chi connectivity index (χ1v) is 11.2. The smallest absolute Gasteiger partial charge is 0.418 e. The highest BCUT2D eigenvalue weighted by atomic mass is 32.3. The van der Waals surface area contributed by atoms with E-state index in [1.165, 1.54) is 4.90 Å². The highest BCUT2D eigenvalue weighted by molar-refractivity contribution is 7.80. The number of nitrogens with zero attached hydrogens (tertiary/aromatic N) is 4. The Bertz CT molecular complexity index is 926. The van der Waals surface area contributed by atoms with E-state index in [0.717, 1.165) is 0 Å². The van der Waals surface area contributed by atoms with Gasteiger partial charge in [0.05, 0.1) is 18.6 Å². The summed E-state index contributed by atoms with van der Waals surface area (Å²) in [5.41, 5.74) is -0.600. The fourth-order valence-electron chi connectivity index (χ4n) is 3.55. The lowest BCUT2D eigenvalue weighted by Crippen LogP contribution is -2.35. The monoisotopic (exact) mass is 462 g/mol. The number of hydrogen-bond acceptors (Lipinski definition) is 10. The van der Waals surface area contributed by atoms with E-state index in [0.29, 0.717) is 17.9 Å². The summed E-state index contributed by atoms with van der Waals surface area (Å²) in [5, 5.41) is 18.6. The molecule has 2 aliphatic heterocycles. The number of aromatic nitrogens is 2. The molecule has 2 amide bonds. The first-order valence-electron chi connectivity index (χ1n) is 9.81. The number of aliphatic hydroxyl groups is 1. The molecule has 31 heavy (non-hydrogen) atoms. The lowest BCUT2D eigenvalue weighted by atomic mass is 10.0. The van der Waals surface area contributed by atoms with Crippen LogP contribution >= 0.6 is 0 Å². The molecule has 3 rings (SSSR count). The third-order valence-electron chi connectivity index (χ3n) is 4.78. The third kappa shape index (κ3) is 6.12. The van der Waals surface area contributed by atoms with Crippen LogP contribution in [0.2, 0.25) is 0 Å². The van der Waals surface area contributed by atoms with E-state index in [-0.39, 0.29) is 37.6 Å². The van der Waals surface area contributed by atoms with Gasteiger partial charge in [-0.2, -0.15) is 13.5 Å². The van der Waals surface area contributed by atoms with Gasteiger partial charge in [0.1, 0.15) is 11.6 Å². The fraction of sp³-hybridized carbons (Fsp3) is 0.765. The molecular formula is C17H26N4O9S. The van der Waals surface area contributed by atoms with Gasteiger partial charge in [0.15, 0.2) is 0 Å². The number of esters is 1. The maximum Gasteiger partial charge on any atom is 0.418 e. The molecule has 1 aromatic rings. The van der Waals surface area contributed by atoms with Gasteiger partial charge in [-0.05, 0) is 40.0 Å². The first-order chi connectivity index (χ1) is 14.3. The minimum Gasteiger partial charge on any atom is -0.460 e. The highest BCUT2D eigenvalue weighted by Gasteiger charge is 2.49. The van der Waals surface area contributed by atoms with Gasteiger partial charge >= 0.3 is 22.4 Å². The zero-order valence-corrected chi connectivity index (χ0v) is 18.2. The van der Waals surface area contributed by atoms with Crippen molar-refractivity contribution in [3.8, 4) is 0 Å². The molecule has 2 saturated heterocycles.